The van der Waals surface area contributed by atoms with Crippen LogP contribution in [0.15, 0.2) is 82.2 Å². The van der Waals surface area contributed by atoms with Crippen molar-refractivity contribution in [2.75, 3.05) is 5.32 Å². The van der Waals surface area contributed by atoms with Crippen LogP contribution in [0.2, 0.25) is 0 Å². The number of para-hydroxylation sites is 1. The molecule has 1 amide bonds. The molecule has 8 nitrogen and oxygen atoms in total. The van der Waals surface area contributed by atoms with Crippen molar-refractivity contribution in [1.29, 1.82) is 0 Å². The standard InChI is InChI=1S/C25H26N4O4S/c1-17-13-14-22(33-17)23-21(16-29(27-23)19-10-6-5-7-11-19)24(30)26-18-9-8-12-20(15-18)34(31,32)28-25(2,3)4/h5-16,28H,1-4H3,(H,26,30). The van der Waals surface area contributed by atoms with Crippen LogP contribution in [0.1, 0.15) is 36.9 Å². The molecule has 9 heteroatoms. The molecule has 0 saturated carbocycles. The molecule has 0 saturated heterocycles. The largest absolute Gasteiger partial charge is 0.460 e. The van der Waals surface area contributed by atoms with Gasteiger partial charge in [0, 0.05) is 17.4 Å². The Hall–Kier alpha value is -3.69. The summed E-state index contributed by atoms with van der Waals surface area (Å²) in [5.74, 6) is 0.715. The summed E-state index contributed by atoms with van der Waals surface area (Å²) in [6.07, 6.45) is 1.62. The first-order valence-electron chi connectivity index (χ1n) is 10.7. The van der Waals surface area contributed by atoms with Gasteiger partial charge in [0.2, 0.25) is 10.0 Å². The molecule has 0 radical (unpaired) electrons. The van der Waals surface area contributed by atoms with E-state index < -0.39 is 21.5 Å². The fourth-order valence-electron chi connectivity index (χ4n) is 3.40. The number of benzene rings is 2. The molecule has 0 unspecified atom stereocenters. The number of anilines is 1. The number of carbonyl (C=O) groups is 1. The Morgan fingerprint density at radius 1 is 1.00 bits per heavy atom. The van der Waals surface area contributed by atoms with Gasteiger partial charge in [-0.1, -0.05) is 24.3 Å². The lowest BCUT2D eigenvalue weighted by Crippen LogP contribution is -2.40. The first kappa shape index (κ1) is 23.5. The van der Waals surface area contributed by atoms with E-state index in [4.69, 9.17) is 4.42 Å². The van der Waals surface area contributed by atoms with Crippen molar-refractivity contribution < 1.29 is 17.6 Å². The Bertz CT molecular complexity index is 1430. The fourth-order valence-corrected chi connectivity index (χ4v) is 4.86. The maximum atomic E-state index is 13.3. The lowest BCUT2D eigenvalue weighted by molar-refractivity contribution is 0.102. The zero-order chi connectivity index (χ0) is 24.5. The number of nitrogens with one attached hydrogen (secondary N) is 2. The molecule has 4 rings (SSSR count). The van der Waals surface area contributed by atoms with Gasteiger partial charge in [0.15, 0.2) is 5.76 Å². The maximum absolute atomic E-state index is 13.3. The molecular formula is C25H26N4O4S. The lowest BCUT2D eigenvalue weighted by Gasteiger charge is -2.20. The molecule has 0 aliphatic carbocycles. The average molecular weight is 479 g/mol. The van der Waals surface area contributed by atoms with Gasteiger partial charge in [-0.15, -0.1) is 0 Å². The molecule has 0 atom stereocenters. The number of carbonyl (C=O) groups excluding carboxylic acids is 1. The molecule has 2 aromatic heterocycles. The highest BCUT2D eigenvalue weighted by molar-refractivity contribution is 7.89. The number of furan rings is 1. The van der Waals surface area contributed by atoms with Crippen LogP contribution in [-0.4, -0.2) is 29.6 Å². The normalized spacial score (nSPS) is 12.0. The molecule has 0 aliphatic heterocycles. The van der Waals surface area contributed by atoms with E-state index in [9.17, 15) is 13.2 Å². The van der Waals surface area contributed by atoms with Crippen molar-refractivity contribution in [3.8, 4) is 17.1 Å². The number of amides is 1. The molecule has 2 N–H and O–H groups in total. The first-order chi connectivity index (χ1) is 16.0. The Kier molecular flexibility index (Phi) is 6.16. The molecule has 2 heterocycles. The second-order valence-corrected chi connectivity index (χ2v) is 10.6. The van der Waals surface area contributed by atoms with E-state index in [1.807, 2.05) is 37.3 Å². The smallest absolute Gasteiger partial charge is 0.259 e. The minimum absolute atomic E-state index is 0.0575. The molecule has 176 valence electrons. The summed E-state index contributed by atoms with van der Waals surface area (Å²) >= 11 is 0. The van der Waals surface area contributed by atoms with E-state index in [1.54, 1.807) is 55.9 Å². The Morgan fingerprint density at radius 2 is 1.74 bits per heavy atom. The van der Waals surface area contributed by atoms with Crippen molar-refractivity contribution in [3.05, 3.63) is 84.3 Å². The van der Waals surface area contributed by atoms with Crippen molar-refractivity contribution in [3.63, 3.8) is 0 Å². The highest BCUT2D eigenvalue weighted by atomic mass is 32.2. The first-order valence-corrected chi connectivity index (χ1v) is 12.2. The van der Waals surface area contributed by atoms with Crippen LogP contribution in [0, 0.1) is 6.92 Å². The third-order valence-electron chi connectivity index (χ3n) is 4.80. The third kappa shape index (κ3) is 5.27. The van der Waals surface area contributed by atoms with E-state index in [0.717, 1.165) is 5.69 Å². The van der Waals surface area contributed by atoms with E-state index in [0.29, 0.717) is 28.5 Å². The molecule has 0 bridgehead atoms. The van der Waals surface area contributed by atoms with Crippen LogP contribution in [-0.2, 0) is 10.0 Å². The summed E-state index contributed by atoms with van der Waals surface area (Å²) in [7, 11) is -3.75. The van der Waals surface area contributed by atoms with Gasteiger partial charge in [-0.2, -0.15) is 5.10 Å². The monoisotopic (exact) mass is 478 g/mol. The number of aryl methyl sites for hydroxylation is 1. The van der Waals surface area contributed by atoms with Gasteiger partial charge in [0.1, 0.15) is 11.5 Å². The van der Waals surface area contributed by atoms with Gasteiger partial charge in [-0.25, -0.2) is 17.8 Å². The molecule has 34 heavy (non-hydrogen) atoms. The zero-order valence-electron chi connectivity index (χ0n) is 19.4. The van der Waals surface area contributed by atoms with Gasteiger partial charge in [-0.05, 0) is 70.2 Å². The van der Waals surface area contributed by atoms with Crippen LogP contribution < -0.4 is 10.0 Å². The SMILES string of the molecule is Cc1ccc(-c2nn(-c3ccccc3)cc2C(=O)Nc2cccc(S(=O)(=O)NC(C)(C)C)c2)o1. The van der Waals surface area contributed by atoms with Crippen LogP contribution in [0.25, 0.3) is 17.1 Å². The molecule has 0 fully saturated rings. The number of hydrogen-bond donors (Lipinski definition) is 2. The van der Waals surface area contributed by atoms with Crippen LogP contribution >= 0.6 is 0 Å². The average Bonchev–Trinajstić information content (AvgIpc) is 3.39. The van der Waals surface area contributed by atoms with Crippen molar-refractivity contribution in [2.45, 2.75) is 38.1 Å². The van der Waals surface area contributed by atoms with E-state index in [1.165, 1.54) is 12.1 Å². The highest BCUT2D eigenvalue weighted by Crippen LogP contribution is 2.27. The number of rotatable bonds is 6. The summed E-state index contributed by atoms with van der Waals surface area (Å²) < 4.78 is 35.4. The minimum Gasteiger partial charge on any atom is -0.460 e. The van der Waals surface area contributed by atoms with Gasteiger partial charge in [0.05, 0.1) is 16.1 Å². The summed E-state index contributed by atoms with van der Waals surface area (Å²) in [6, 6.07) is 19.1. The van der Waals surface area contributed by atoms with Crippen molar-refractivity contribution in [2.24, 2.45) is 0 Å². The van der Waals surface area contributed by atoms with Gasteiger partial charge in [0.25, 0.3) is 5.91 Å². The Morgan fingerprint density at radius 3 is 2.38 bits per heavy atom. The third-order valence-corrected chi connectivity index (χ3v) is 6.55. The van der Waals surface area contributed by atoms with E-state index in [-0.39, 0.29) is 4.90 Å². The molecule has 2 aromatic carbocycles. The zero-order valence-corrected chi connectivity index (χ0v) is 20.2. The number of aromatic nitrogens is 2. The Balaban J connectivity index is 1.68. The topological polar surface area (TPSA) is 106 Å². The minimum atomic E-state index is -3.75. The van der Waals surface area contributed by atoms with Gasteiger partial charge in [-0.3, -0.25) is 4.79 Å². The number of nitrogens with zero attached hydrogens (tertiary/aromatic N) is 2. The van der Waals surface area contributed by atoms with Crippen molar-refractivity contribution >= 4 is 21.6 Å². The second kappa shape index (κ2) is 8.92. The summed E-state index contributed by atoms with van der Waals surface area (Å²) in [4.78, 5) is 13.3. The highest BCUT2D eigenvalue weighted by Gasteiger charge is 2.24. The summed E-state index contributed by atoms with van der Waals surface area (Å²) in [5.41, 5.74) is 1.16. The number of hydrogen-bond acceptors (Lipinski definition) is 5. The molecule has 0 aliphatic rings. The second-order valence-electron chi connectivity index (χ2n) is 8.92. The lowest BCUT2D eigenvalue weighted by atomic mass is 10.1. The fraction of sp³-hybridized carbons (Fsp3) is 0.200. The quantitative estimate of drug-likeness (QED) is 0.415. The predicted molar refractivity (Wildman–Crippen MR) is 130 cm³/mol. The van der Waals surface area contributed by atoms with Crippen LogP contribution in [0.3, 0.4) is 0 Å². The van der Waals surface area contributed by atoms with Gasteiger partial charge >= 0.3 is 0 Å². The maximum Gasteiger partial charge on any atom is 0.259 e. The summed E-state index contributed by atoms with van der Waals surface area (Å²) in [5, 5.41) is 7.37. The molecular weight excluding hydrogens is 452 g/mol. The van der Waals surface area contributed by atoms with Crippen molar-refractivity contribution in [1.82, 2.24) is 14.5 Å². The van der Waals surface area contributed by atoms with Crippen LogP contribution in [0.4, 0.5) is 5.69 Å². The van der Waals surface area contributed by atoms with Gasteiger partial charge < -0.3 is 9.73 Å². The molecule has 4 aromatic rings. The molecule has 0 spiro atoms. The number of sulfonamides is 1. The van der Waals surface area contributed by atoms with E-state index >= 15 is 0 Å². The Labute approximate surface area is 198 Å². The van der Waals surface area contributed by atoms with Crippen LogP contribution in [0.5, 0.6) is 0 Å². The summed E-state index contributed by atoms with van der Waals surface area (Å²) in [6.45, 7) is 7.10. The predicted octanol–water partition coefficient (Wildman–Crippen LogP) is 4.77. The van der Waals surface area contributed by atoms with E-state index in [2.05, 4.69) is 15.1 Å².